The van der Waals surface area contributed by atoms with Crippen molar-refractivity contribution in [2.24, 2.45) is 0 Å². The Morgan fingerprint density at radius 2 is 1.61 bits per heavy atom. The van der Waals surface area contributed by atoms with E-state index in [1.807, 2.05) is 24.3 Å². The molecule has 1 fully saturated rings. The zero-order valence-electron chi connectivity index (χ0n) is 17.1. The number of fused-ring (bicyclic) bond motifs is 2. The number of H-pyrrole nitrogens is 2. The summed E-state index contributed by atoms with van der Waals surface area (Å²) >= 11 is 0. The van der Waals surface area contributed by atoms with E-state index < -0.39 is 0 Å². The van der Waals surface area contributed by atoms with Crippen LogP contribution in [0.1, 0.15) is 6.42 Å². The fraction of sp³-hybridized carbons (Fsp3) is 0.208. The number of anilines is 1. The van der Waals surface area contributed by atoms with Crippen LogP contribution in [0, 0.1) is 0 Å². The molecule has 0 bridgehead atoms. The van der Waals surface area contributed by atoms with Gasteiger partial charge >= 0.3 is 0 Å². The Morgan fingerprint density at radius 1 is 0.774 bits per heavy atom. The maximum atomic E-state index is 4.83. The number of nitrogens with zero attached hydrogens (tertiary/aromatic N) is 4. The first-order valence-corrected chi connectivity index (χ1v) is 10.7. The number of imidazole rings is 2. The molecule has 1 aliphatic rings. The molecule has 0 atom stereocenters. The normalized spacial score (nSPS) is 14.9. The van der Waals surface area contributed by atoms with Crippen molar-refractivity contribution in [2.45, 2.75) is 6.42 Å². The number of hydrogen-bond acceptors (Lipinski definition) is 5. The second-order valence-electron chi connectivity index (χ2n) is 7.91. The average molecular weight is 409 g/mol. The van der Waals surface area contributed by atoms with Gasteiger partial charge in [0.15, 0.2) is 5.82 Å². The SMILES string of the molecule is c1ccc(-c2nc3ccc(-c4nc5ccc(N6CCCNCC6)cc5[nH]4)cc3[nH]2)nc1. The Hall–Kier alpha value is -3.71. The molecule has 6 rings (SSSR count). The zero-order chi connectivity index (χ0) is 20.6. The number of aromatic nitrogens is 5. The summed E-state index contributed by atoms with van der Waals surface area (Å²) in [5.41, 5.74) is 7.03. The van der Waals surface area contributed by atoms with Crippen LogP contribution in [0.3, 0.4) is 0 Å². The van der Waals surface area contributed by atoms with Crippen molar-refractivity contribution in [3.8, 4) is 22.9 Å². The van der Waals surface area contributed by atoms with Gasteiger partial charge in [0, 0.05) is 37.1 Å². The smallest absolute Gasteiger partial charge is 0.157 e. The molecule has 1 saturated heterocycles. The third-order valence-electron chi connectivity index (χ3n) is 5.83. The molecule has 0 amide bonds. The highest BCUT2D eigenvalue weighted by Gasteiger charge is 2.13. The predicted octanol–water partition coefficient (Wildman–Crippen LogP) is 3.97. The lowest BCUT2D eigenvalue weighted by molar-refractivity contribution is 0.724. The third-order valence-corrected chi connectivity index (χ3v) is 5.83. The van der Waals surface area contributed by atoms with Crippen molar-refractivity contribution in [3.63, 3.8) is 0 Å². The van der Waals surface area contributed by atoms with Crippen molar-refractivity contribution in [1.29, 1.82) is 0 Å². The molecule has 3 aromatic heterocycles. The van der Waals surface area contributed by atoms with Gasteiger partial charge in [-0.3, -0.25) is 4.98 Å². The molecule has 0 aliphatic carbocycles. The fourth-order valence-corrected chi connectivity index (χ4v) is 4.22. The molecule has 2 aromatic carbocycles. The van der Waals surface area contributed by atoms with E-state index in [4.69, 9.17) is 4.98 Å². The van der Waals surface area contributed by atoms with E-state index >= 15 is 0 Å². The highest BCUT2D eigenvalue weighted by molar-refractivity contribution is 5.86. The van der Waals surface area contributed by atoms with Crippen LogP contribution in [0.5, 0.6) is 0 Å². The largest absolute Gasteiger partial charge is 0.370 e. The lowest BCUT2D eigenvalue weighted by Crippen LogP contribution is -2.27. The van der Waals surface area contributed by atoms with E-state index in [-0.39, 0.29) is 0 Å². The summed E-state index contributed by atoms with van der Waals surface area (Å²) in [6.07, 6.45) is 2.94. The minimum absolute atomic E-state index is 0.772. The summed E-state index contributed by atoms with van der Waals surface area (Å²) < 4.78 is 0. The Balaban J connectivity index is 1.34. The lowest BCUT2D eigenvalue weighted by Gasteiger charge is -2.22. The van der Waals surface area contributed by atoms with E-state index in [1.165, 1.54) is 5.69 Å². The number of rotatable bonds is 3. The van der Waals surface area contributed by atoms with E-state index in [0.29, 0.717) is 0 Å². The van der Waals surface area contributed by atoms with Gasteiger partial charge in [-0.2, -0.15) is 0 Å². The van der Waals surface area contributed by atoms with Crippen LogP contribution in [-0.4, -0.2) is 51.1 Å². The molecule has 1 aliphatic heterocycles. The minimum Gasteiger partial charge on any atom is -0.370 e. The summed E-state index contributed by atoms with van der Waals surface area (Å²) in [6, 6.07) is 18.5. The zero-order valence-corrected chi connectivity index (χ0v) is 17.1. The molecule has 154 valence electrons. The average Bonchev–Trinajstić information content (AvgIpc) is 3.34. The molecule has 3 N–H and O–H groups in total. The van der Waals surface area contributed by atoms with Gasteiger partial charge < -0.3 is 20.2 Å². The topological polar surface area (TPSA) is 85.5 Å². The third kappa shape index (κ3) is 3.43. The molecule has 0 saturated carbocycles. The van der Waals surface area contributed by atoms with Crippen molar-refractivity contribution >= 4 is 27.8 Å². The first-order chi connectivity index (χ1) is 15.3. The summed E-state index contributed by atoms with van der Waals surface area (Å²) in [6.45, 7) is 4.22. The van der Waals surface area contributed by atoms with Gasteiger partial charge in [-0.25, -0.2) is 9.97 Å². The summed E-state index contributed by atoms with van der Waals surface area (Å²) in [7, 11) is 0. The molecule has 7 heteroatoms. The van der Waals surface area contributed by atoms with Gasteiger partial charge in [0.2, 0.25) is 0 Å². The second-order valence-corrected chi connectivity index (χ2v) is 7.91. The van der Waals surface area contributed by atoms with Crippen LogP contribution in [0.2, 0.25) is 0 Å². The van der Waals surface area contributed by atoms with Crippen LogP contribution >= 0.6 is 0 Å². The molecule has 0 spiro atoms. The van der Waals surface area contributed by atoms with E-state index in [1.54, 1.807) is 6.20 Å². The number of nitrogens with one attached hydrogen (secondary N) is 3. The van der Waals surface area contributed by atoms with E-state index in [2.05, 4.69) is 60.5 Å². The highest BCUT2D eigenvalue weighted by atomic mass is 15.2. The predicted molar refractivity (Wildman–Crippen MR) is 124 cm³/mol. The van der Waals surface area contributed by atoms with Gasteiger partial charge in [-0.1, -0.05) is 6.07 Å². The minimum atomic E-state index is 0.772. The molecular weight excluding hydrogens is 386 g/mol. The van der Waals surface area contributed by atoms with Crippen LogP contribution in [0.15, 0.2) is 60.8 Å². The van der Waals surface area contributed by atoms with Crippen molar-refractivity contribution in [2.75, 3.05) is 31.1 Å². The van der Waals surface area contributed by atoms with Crippen LogP contribution in [0.4, 0.5) is 5.69 Å². The number of benzene rings is 2. The van der Waals surface area contributed by atoms with Crippen molar-refractivity contribution in [3.05, 3.63) is 60.8 Å². The molecule has 31 heavy (non-hydrogen) atoms. The maximum absolute atomic E-state index is 4.83. The Labute approximate surface area is 179 Å². The van der Waals surface area contributed by atoms with Gasteiger partial charge in [0.1, 0.15) is 11.5 Å². The first kappa shape index (κ1) is 18.1. The fourth-order valence-electron chi connectivity index (χ4n) is 4.22. The Kier molecular flexibility index (Phi) is 4.39. The van der Waals surface area contributed by atoms with Gasteiger partial charge in [0.05, 0.1) is 22.1 Å². The highest BCUT2D eigenvalue weighted by Crippen LogP contribution is 2.27. The molecule has 7 nitrogen and oxygen atoms in total. The van der Waals surface area contributed by atoms with E-state index in [0.717, 1.165) is 77.6 Å². The number of pyridine rings is 1. The van der Waals surface area contributed by atoms with Crippen LogP contribution < -0.4 is 10.2 Å². The Morgan fingerprint density at radius 3 is 2.52 bits per heavy atom. The molecule has 5 aromatic rings. The standard InChI is InChI=1S/C24H23N7/c1-2-10-26-20(4-1)24-28-18-7-5-16(14-21(18)30-24)23-27-19-8-6-17(15-22(19)29-23)31-12-3-9-25-11-13-31/h1-2,4-8,10,14-15,25H,3,9,11-13H2,(H,27,29)(H,28,30). The number of aromatic amines is 2. The Bertz CT molecular complexity index is 1340. The van der Waals surface area contributed by atoms with Crippen molar-refractivity contribution in [1.82, 2.24) is 30.2 Å². The first-order valence-electron chi connectivity index (χ1n) is 10.7. The second kappa shape index (κ2) is 7.52. The molecule has 0 unspecified atom stereocenters. The van der Waals surface area contributed by atoms with Crippen LogP contribution in [-0.2, 0) is 0 Å². The van der Waals surface area contributed by atoms with Gasteiger partial charge in [0.25, 0.3) is 0 Å². The summed E-state index contributed by atoms with van der Waals surface area (Å²) in [5.74, 6) is 1.63. The monoisotopic (exact) mass is 409 g/mol. The summed E-state index contributed by atoms with van der Waals surface area (Å²) in [5, 5.41) is 3.46. The maximum Gasteiger partial charge on any atom is 0.157 e. The molecular formula is C24H23N7. The lowest BCUT2D eigenvalue weighted by atomic mass is 10.2. The van der Waals surface area contributed by atoms with E-state index in [9.17, 15) is 0 Å². The molecule has 0 radical (unpaired) electrons. The summed E-state index contributed by atoms with van der Waals surface area (Å²) in [4.78, 5) is 23.2. The van der Waals surface area contributed by atoms with Crippen LogP contribution in [0.25, 0.3) is 45.0 Å². The molecule has 4 heterocycles. The quantitative estimate of drug-likeness (QED) is 0.420. The van der Waals surface area contributed by atoms with Crippen molar-refractivity contribution < 1.29 is 0 Å². The van der Waals surface area contributed by atoms with Gasteiger partial charge in [-0.05, 0) is 61.5 Å². The van der Waals surface area contributed by atoms with Gasteiger partial charge in [-0.15, -0.1) is 0 Å². The number of hydrogen-bond donors (Lipinski definition) is 3.